The van der Waals surface area contributed by atoms with Crippen LogP contribution in [0, 0.1) is 5.41 Å². The van der Waals surface area contributed by atoms with Gasteiger partial charge in [-0.2, -0.15) is 0 Å². The Bertz CT molecular complexity index is 201. The maximum atomic E-state index is 3.51. The van der Waals surface area contributed by atoms with E-state index in [1.165, 1.54) is 58.3 Å². The summed E-state index contributed by atoms with van der Waals surface area (Å²) in [6.45, 7) is 14.3. The van der Waals surface area contributed by atoms with Gasteiger partial charge in [0.2, 0.25) is 0 Å². The van der Waals surface area contributed by atoms with Crippen LogP contribution in [0.3, 0.4) is 0 Å². The van der Waals surface area contributed by atoms with Crippen LogP contribution in [0.25, 0.3) is 0 Å². The lowest BCUT2D eigenvalue weighted by Crippen LogP contribution is -2.53. The molecule has 0 saturated carbocycles. The zero-order valence-corrected chi connectivity index (χ0v) is 12.4. The van der Waals surface area contributed by atoms with Gasteiger partial charge in [-0.3, -0.25) is 4.90 Å². The number of piperazine rings is 1. The lowest BCUT2D eigenvalue weighted by molar-refractivity contribution is 0.0972. The highest BCUT2D eigenvalue weighted by Crippen LogP contribution is 2.26. The van der Waals surface area contributed by atoms with Crippen molar-refractivity contribution in [3.05, 3.63) is 0 Å². The smallest absolute Gasteiger partial charge is 0.0218 e. The second kappa shape index (κ2) is 7.38. The van der Waals surface area contributed by atoms with Gasteiger partial charge in [-0.05, 0) is 18.3 Å². The van der Waals surface area contributed by atoms with Crippen LogP contribution in [-0.2, 0) is 0 Å². The van der Waals surface area contributed by atoms with E-state index in [0.717, 1.165) is 6.04 Å². The number of hydrogen-bond acceptors (Lipinski definition) is 2. The molecule has 0 amide bonds. The number of rotatable bonds is 7. The van der Waals surface area contributed by atoms with E-state index in [2.05, 4.69) is 37.9 Å². The van der Waals surface area contributed by atoms with Crippen LogP contribution in [0.15, 0.2) is 0 Å². The highest BCUT2D eigenvalue weighted by molar-refractivity contribution is 4.83. The Balaban J connectivity index is 2.38. The minimum absolute atomic E-state index is 0.486. The first-order chi connectivity index (χ1) is 8.09. The van der Waals surface area contributed by atoms with Crippen molar-refractivity contribution in [2.75, 3.05) is 26.2 Å². The van der Waals surface area contributed by atoms with Gasteiger partial charge in [0.1, 0.15) is 0 Å². The van der Waals surface area contributed by atoms with Gasteiger partial charge in [0.25, 0.3) is 0 Å². The molecule has 2 nitrogen and oxygen atoms in total. The molecule has 1 unspecified atom stereocenters. The molecule has 0 spiro atoms. The second-order valence-electron chi connectivity index (χ2n) is 6.36. The van der Waals surface area contributed by atoms with E-state index < -0.39 is 0 Å². The van der Waals surface area contributed by atoms with Crippen LogP contribution in [0.4, 0.5) is 0 Å². The SMILES string of the molecule is CCCCCC(C)(C)CN1CCNCC1CC. The van der Waals surface area contributed by atoms with Crippen molar-refractivity contribution in [2.45, 2.75) is 65.8 Å². The van der Waals surface area contributed by atoms with Crippen molar-refractivity contribution in [2.24, 2.45) is 5.41 Å². The van der Waals surface area contributed by atoms with Gasteiger partial charge in [-0.1, -0.05) is 47.0 Å². The average Bonchev–Trinajstić information content (AvgIpc) is 2.29. The van der Waals surface area contributed by atoms with Crippen LogP contribution in [0.1, 0.15) is 59.8 Å². The quantitative estimate of drug-likeness (QED) is 0.687. The topological polar surface area (TPSA) is 15.3 Å². The highest BCUT2D eigenvalue weighted by Gasteiger charge is 2.27. The Morgan fingerprint density at radius 3 is 2.65 bits per heavy atom. The summed E-state index contributed by atoms with van der Waals surface area (Å²) in [7, 11) is 0. The van der Waals surface area contributed by atoms with Crippen molar-refractivity contribution in [3.8, 4) is 0 Å². The molecule has 1 N–H and O–H groups in total. The van der Waals surface area contributed by atoms with Gasteiger partial charge in [0.05, 0.1) is 0 Å². The third-order valence-electron chi connectivity index (χ3n) is 4.03. The monoisotopic (exact) mass is 240 g/mol. The summed E-state index contributed by atoms with van der Waals surface area (Å²) >= 11 is 0. The molecular weight excluding hydrogens is 208 g/mol. The molecule has 0 aliphatic carbocycles. The summed E-state index contributed by atoms with van der Waals surface area (Å²) in [6, 6.07) is 0.759. The van der Waals surface area contributed by atoms with Gasteiger partial charge in [-0.25, -0.2) is 0 Å². The minimum atomic E-state index is 0.486. The van der Waals surface area contributed by atoms with E-state index in [0.29, 0.717) is 5.41 Å². The lowest BCUT2D eigenvalue weighted by Gasteiger charge is -2.40. The van der Waals surface area contributed by atoms with E-state index in [-0.39, 0.29) is 0 Å². The van der Waals surface area contributed by atoms with Crippen LogP contribution < -0.4 is 5.32 Å². The minimum Gasteiger partial charge on any atom is -0.314 e. The molecule has 1 rings (SSSR count). The van der Waals surface area contributed by atoms with E-state index in [1.807, 2.05) is 0 Å². The van der Waals surface area contributed by atoms with Crippen molar-refractivity contribution < 1.29 is 0 Å². The maximum Gasteiger partial charge on any atom is 0.0218 e. The summed E-state index contributed by atoms with van der Waals surface area (Å²) in [4.78, 5) is 2.71. The summed E-state index contributed by atoms with van der Waals surface area (Å²) in [6.07, 6.45) is 6.77. The van der Waals surface area contributed by atoms with E-state index in [4.69, 9.17) is 0 Å². The Hall–Kier alpha value is -0.0800. The maximum absolute atomic E-state index is 3.51. The van der Waals surface area contributed by atoms with E-state index >= 15 is 0 Å². The summed E-state index contributed by atoms with van der Waals surface area (Å²) < 4.78 is 0. The predicted octanol–water partition coefficient (Wildman–Crippen LogP) is 3.28. The molecule has 1 fully saturated rings. The van der Waals surface area contributed by atoms with Gasteiger partial charge >= 0.3 is 0 Å². The number of unbranched alkanes of at least 4 members (excludes halogenated alkanes) is 2. The molecule has 17 heavy (non-hydrogen) atoms. The highest BCUT2D eigenvalue weighted by atomic mass is 15.2. The Kier molecular flexibility index (Phi) is 6.50. The lowest BCUT2D eigenvalue weighted by atomic mass is 9.85. The fraction of sp³-hybridized carbons (Fsp3) is 1.00. The van der Waals surface area contributed by atoms with Crippen LogP contribution in [-0.4, -0.2) is 37.1 Å². The Labute approximate surface area is 108 Å². The molecule has 0 aromatic heterocycles. The van der Waals surface area contributed by atoms with Crippen molar-refractivity contribution >= 4 is 0 Å². The number of nitrogens with one attached hydrogen (secondary N) is 1. The Morgan fingerprint density at radius 1 is 1.24 bits per heavy atom. The average molecular weight is 240 g/mol. The molecule has 2 heteroatoms. The van der Waals surface area contributed by atoms with Gasteiger partial charge in [0, 0.05) is 32.2 Å². The number of nitrogens with zero attached hydrogens (tertiary/aromatic N) is 1. The molecule has 102 valence electrons. The zero-order chi connectivity index (χ0) is 12.7. The molecule has 0 bridgehead atoms. The first-order valence-corrected chi connectivity index (χ1v) is 7.54. The van der Waals surface area contributed by atoms with Crippen molar-refractivity contribution in [3.63, 3.8) is 0 Å². The van der Waals surface area contributed by atoms with E-state index in [9.17, 15) is 0 Å². The predicted molar refractivity (Wildman–Crippen MR) is 76.4 cm³/mol. The van der Waals surface area contributed by atoms with Crippen molar-refractivity contribution in [1.82, 2.24) is 10.2 Å². The molecule has 0 aromatic rings. The molecule has 1 saturated heterocycles. The molecule has 0 aromatic carbocycles. The standard InChI is InChI=1S/C15H32N2/c1-5-7-8-9-15(3,4)13-17-11-10-16-12-14(17)6-2/h14,16H,5-13H2,1-4H3. The molecule has 1 aliphatic rings. The molecule has 0 radical (unpaired) electrons. The normalized spacial score (nSPS) is 22.9. The summed E-state index contributed by atoms with van der Waals surface area (Å²) in [5.74, 6) is 0. The second-order valence-corrected chi connectivity index (χ2v) is 6.36. The largest absolute Gasteiger partial charge is 0.314 e. The zero-order valence-electron chi connectivity index (χ0n) is 12.4. The third-order valence-corrected chi connectivity index (χ3v) is 4.03. The fourth-order valence-electron chi connectivity index (χ4n) is 2.90. The molecule has 1 atom stereocenters. The van der Waals surface area contributed by atoms with Gasteiger partial charge < -0.3 is 5.32 Å². The Morgan fingerprint density at radius 2 is 2.00 bits per heavy atom. The molecule has 1 aliphatic heterocycles. The number of hydrogen-bond donors (Lipinski definition) is 1. The van der Waals surface area contributed by atoms with Gasteiger partial charge in [-0.15, -0.1) is 0 Å². The van der Waals surface area contributed by atoms with Crippen LogP contribution in [0.2, 0.25) is 0 Å². The summed E-state index contributed by atoms with van der Waals surface area (Å²) in [5.41, 5.74) is 0.486. The fourth-order valence-corrected chi connectivity index (χ4v) is 2.90. The van der Waals surface area contributed by atoms with Gasteiger partial charge in [0.15, 0.2) is 0 Å². The van der Waals surface area contributed by atoms with E-state index in [1.54, 1.807) is 0 Å². The molecular formula is C15H32N2. The van der Waals surface area contributed by atoms with Crippen LogP contribution >= 0.6 is 0 Å². The third kappa shape index (κ3) is 5.39. The molecule has 1 heterocycles. The first-order valence-electron chi connectivity index (χ1n) is 7.54. The first kappa shape index (κ1) is 15.0. The summed E-state index contributed by atoms with van der Waals surface area (Å²) in [5, 5.41) is 3.51. The van der Waals surface area contributed by atoms with Crippen LogP contribution in [0.5, 0.6) is 0 Å². The van der Waals surface area contributed by atoms with Crippen molar-refractivity contribution in [1.29, 1.82) is 0 Å².